The summed E-state index contributed by atoms with van der Waals surface area (Å²) in [5, 5.41) is 7.65. The molecule has 0 aliphatic carbocycles. The number of halogens is 1. The highest BCUT2D eigenvalue weighted by molar-refractivity contribution is 7.46. The minimum atomic E-state index is -4.55. The van der Waals surface area contributed by atoms with E-state index in [1.165, 1.54) is 5.70 Å². The number of carbonyl (C=O) groups excluding carboxylic acids is 4. The Labute approximate surface area is 503 Å². The van der Waals surface area contributed by atoms with Crippen molar-refractivity contribution in [3.05, 3.63) is 106 Å². The van der Waals surface area contributed by atoms with E-state index in [1.54, 1.807) is 68.4 Å². The first kappa shape index (κ1) is 69.1. The molecule has 0 fully saturated rings. The van der Waals surface area contributed by atoms with Gasteiger partial charge in [-0.05, 0) is 171 Å². The number of allylic oxidation sites excluding steroid dienone is 2. The van der Waals surface area contributed by atoms with Crippen molar-refractivity contribution in [3.8, 4) is 23.0 Å². The van der Waals surface area contributed by atoms with Crippen LogP contribution in [0.3, 0.4) is 0 Å². The molecule has 1 aliphatic heterocycles. The SMILES string of the molecule is CCN(CCCC(=O)NCCCCC(CCCCC(=O)Cc1c(C)n(C(=O)c2ccc(Cl)cc2)c2ccc(OC)cc12)(CCCNC(=O)CCCOc1cc(OC)cc(OC)c1)CCCN(C)CCCOP(=O)(O)O)CC1=CC=CC(C)N1C. The Kier molecular flexibility index (Phi) is 29.3. The van der Waals surface area contributed by atoms with Gasteiger partial charge in [0.25, 0.3) is 5.91 Å². The summed E-state index contributed by atoms with van der Waals surface area (Å²) >= 11 is 6.17. The normalized spacial score (nSPS) is 14.2. The minimum Gasteiger partial charge on any atom is -0.497 e. The number of methoxy groups -OCH3 is 3. The molecule has 2 heterocycles. The van der Waals surface area contributed by atoms with E-state index in [9.17, 15) is 33.5 Å². The lowest BCUT2D eigenvalue weighted by Crippen LogP contribution is -2.36. The summed E-state index contributed by atoms with van der Waals surface area (Å²) in [7, 11) is 4.31. The van der Waals surface area contributed by atoms with Crippen LogP contribution in [0.15, 0.2) is 84.6 Å². The van der Waals surface area contributed by atoms with Gasteiger partial charge in [-0.1, -0.05) is 43.5 Å². The van der Waals surface area contributed by atoms with E-state index in [1.807, 2.05) is 32.2 Å². The third-order valence-electron chi connectivity index (χ3n) is 16.1. The molecule has 4 N–H and O–H groups in total. The number of hydrogen-bond donors (Lipinski definition) is 4. The average Bonchev–Trinajstić information content (AvgIpc) is 3.46. The molecular formula is C64H94ClN6O12P. The van der Waals surface area contributed by atoms with Crippen LogP contribution in [-0.4, -0.2) is 153 Å². The number of hydrogen-bond acceptors (Lipinski definition) is 13. The first-order chi connectivity index (χ1) is 40.3. The Morgan fingerprint density at radius 1 is 0.726 bits per heavy atom. The number of Topliss-reactive ketones (excluding diaryl/α,β-unsaturated/α-hetero) is 1. The highest BCUT2D eigenvalue weighted by Crippen LogP contribution is 2.41. The van der Waals surface area contributed by atoms with Crippen LogP contribution in [0.4, 0.5) is 0 Å². The van der Waals surface area contributed by atoms with E-state index >= 15 is 0 Å². The van der Waals surface area contributed by atoms with Crippen molar-refractivity contribution >= 4 is 53.8 Å². The summed E-state index contributed by atoms with van der Waals surface area (Å²) in [6.45, 7) is 11.5. The highest BCUT2D eigenvalue weighted by Gasteiger charge is 2.30. The van der Waals surface area contributed by atoms with Gasteiger partial charge in [-0.15, -0.1) is 0 Å². The molecule has 0 spiro atoms. The lowest BCUT2D eigenvalue weighted by atomic mass is 9.71. The molecular weight excluding hydrogens is 1110 g/mol. The average molecular weight is 1210 g/mol. The van der Waals surface area contributed by atoms with Gasteiger partial charge in [0.1, 0.15) is 28.8 Å². The number of benzene rings is 3. The number of carbonyl (C=O) groups is 4. The van der Waals surface area contributed by atoms with Gasteiger partial charge in [0, 0.05) is 111 Å². The number of phosphoric ester groups is 1. The first-order valence-electron chi connectivity index (χ1n) is 29.9. The Hall–Kier alpha value is -5.72. The zero-order valence-corrected chi connectivity index (χ0v) is 52.7. The van der Waals surface area contributed by atoms with Crippen molar-refractivity contribution in [2.24, 2.45) is 5.41 Å². The summed E-state index contributed by atoms with van der Waals surface area (Å²) in [5.74, 6) is 2.30. The molecule has 0 bridgehead atoms. The van der Waals surface area contributed by atoms with Crippen molar-refractivity contribution in [1.29, 1.82) is 0 Å². The Morgan fingerprint density at radius 2 is 1.35 bits per heavy atom. The second-order valence-electron chi connectivity index (χ2n) is 22.2. The van der Waals surface area contributed by atoms with Gasteiger partial charge < -0.3 is 49.2 Å². The maximum Gasteiger partial charge on any atom is 0.469 e. The second kappa shape index (κ2) is 35.7. The van der Waals surface area contributed by atoms with Crippen molar-refractivity contribution < 1.29 is 57.0 Å². The quantitative estimate of drug-likeness (QED) is 0.0241. The van der Waals surface area contributed by atoms with Crippen LogP contribution >= 0.6 is 19.4 Å². The predicted octanol–water partition coefficient (Wildman–Crippen LogP) is 11.1. The molecule has 1 aromatic heterocycles. The predicted molar refractivity (Wildman–Crippen MR) is 333 cm³/mol. The van der Waals surface area contributed by atoms with Crippen molar-refractivity contribution in [2.45, 2.75) is 136 Å². The fourth-order valence-electron chi connectivity index (χ4n) is 11.1. The smallest absolute Gasteiger partial charge is 0.469 e. The number of aromatic nitrogens is 1. The topological polar surface area (TPSA) is 211 Å². The largest absolute Gasteiger partial charge is 0.497 e. The van der Waals surface area contributed by atoms with Crippen molar-refractivity contribution in [3.63, 3.8) is 0 Å². The third kappa shape index (κ3) is 23.3. The summed E-state index contributed by atoms with van der Waals surface area (Å²) in [6, 6.07) is 18.0. The lowest BCUT2D eigenvalue weighted by Gasteiger charge is -2.35. The molecule has 18 nitrogen and oxygen atoms in total. The zero-order chi connectivity index (χ0) is 61.1. The molecule has 0 saturated heterocycles. The van der Waals surface area contributed by atoms with E-state index in [4.69, 9.17) is 35.1 Å². The Balaban J connectivity index is 1.24. The number of ketones is 1. The van der Waals surface area contributed by atoms with Crippen LogP contribution in [0.2, 0.25) is 5.02 Å². The molecule has 2 atom stereocenters. The van der Waals surface area contributed by atoms with Crippen LogP contribution in [0.1, 0.15) is 138 Å². The summed E-state index contributed by atoms with van der Waals surface area (Å²) in [4.78, 5) is 79.7. The van der Waals surface area contributed by atoms with Crippen molar-refractivity contribution in [1.82, 2.24) is 29.9 Å². The van der Waals surface area contributed by atoms with Crippen LogP contribution in [0, 0.1) is 12.3 Å². The second-order valence-corrected chi connectivity index (χ2v) is 23.9. The maximum atomic E-state index is 14.1. The molecule has 464 valence electrons. The van der Waals surface area contributed by atoms with Gasteiger partial charge in [-0.25, -0.2) is 4.57 Å². The molecule has 0 saturated carbocycles. The van der Waals surface area contributed by atoms with Crippen molar-refractivity contribution in [2.75, 3.05) is 94.5 Å². The maximum absolute atomic E-state index is 14.1. The lowest BCUT2D eigenvalue weighted by molar-refractivity contribution is -0.122. The van der Waals surface area contributed by atoms with Gasteiger partial charge in [0.2, 0.25) is 11.8 Å². The summed E-state index contributed by atoms with van der Waals surface area (Å²) < 4.78 is 39.9. The van der Waals surface area contributed by atoms with Crippen LogP contribution in [-0.2, 0) is 29.9 Å². The van der Waals surface area contributed by atoms with Gasteiger partial charge in [-0.3, -0.25) is 33.2 Å². The monoisotopic (exact) mass is 1200 g/mol. The van der Waals surface area contributed by atoms with Crippen LogP contribution in [0.25, 0.3) is 10.9 Å². The zero-order valence-electron chi connectivity index (χ0n) is 51.1. The molecule has 2 amide bonds. The fraction of sp³-hybridized carbons (Fsp3) is 0.562. The first-order valence-corrected chi connectivity index (χ1v) is 31.8. The molecule has 20 heteroatoms. The summed E-state index contributed by atoms with van der Waals surface area (Å²) in [6.07, 6.45) is 17.7. The van der Waals surface area contributed by atoms with E-state index in [-0.39, 0.29) is 41.9 Å². The molecule has 84 heavy (non-hydrogen) atoms. The third-order valence-corrected chi connectivity index (χ3v) is 16.8. The number of fused-ring (bicyclic) bond motifs is 1. The van der Waals surface area contributed by atoms with Gasteiger partial charge >= 0.3 is 7.82 Å². The minimum absolute atomic E-state index is 0.0494. The number of amides is 2. The molecule has 1 aliphatic rings. The molecule has 5 rings (SSSR count). The van der Waals surface area contributed by atoms with Gasteiger partial charge in [0.05, 0.1) is 40.1 Å². The van der Waals surface area contributed by atoms with Gasteiger partial charge in [-0.2, -0.15) is 0 Å². The Bertz CT molecular complexity index is 2810. The van der Waals surface area contributed by atoms with Crippen LogP contribution in [0.5, 0.6) is 23.0 Å². The molecule has 2 unspecified atom stereocenters. The molecule has 3 aromatic carbocycles. The van der Waals surface area contributed by atoms with E-state index in [0.717, 1.165) is 101 Å². The Morgan fingerprint density at radius 3 is 2.01 bits per heavy atom. The molecule has 4 aromatic rings. The number of rotatable bonds is 41. The molecule has 0 radical (unpaired) electrons. The number of ether oxygens (including phenoxy) is 4. The summed E-state index contributed by atoms with van der Waals surface area (Å²) in [5.41, 5.74) is 3.79. The number of likely N-dealkylation sites (N-methyl/N-ethyl adjacent to an activating group) is 2. The van der Waals surface area contributed by atoms with E-state index in [2.05, 4.69) is 64.5 Å². The number of nitrogens with zero attached hydrogens (tertiary/aromatic N) is 4. The highest BCUT2D eigenvalue weighted by atomic mass is 35.5. The standard InChI is InChI=1S/C64H94ClN6O12P/c1-9-70(47-52-21-14-20-48(2)69(52)5)39-15-23-61(73)66-35-13-12-32-64(34-18-37-68(4)38-19-41-83-84(76,77)78,33-17-36-67-62(74)24-16-40-82-57-44-55(80-7)43-56(45-57)81-8)31-11-10-22-53(72)42-58-49(3)71(60-30-29-54(79-6)46-59(58)60)63(75)50-25-27-51(65)28-26-50/h14,20-21,25-30,43-46,48H,9-13,15-19,22-24,31-42,47H2,1-8H3,(H,66,73)(H,67,74)(H2,76,77,78). The van der Waals surface area contributed by atoms with Gasteiger partial charge in [0.15, 0.2) is 0 Å². The fourth-order valence-corrected chi connectivity index (χ4v) is 11.5. The number of phosphoric acid groups is 1. The van der Waals surface area contributed by atoms with E-state index in [0.29, 0.717) is 116 Å². The number of unbranched alkanes of at least 4 members (excludes halogenated alkanes) is 2. The van der Waals surface area contributed by atoms with E-state index < -0.39 is 7.82 Å². The van der Waals surface area contributed by atoms with Crippen LogP contribution < -0.4 is 29.6 Å². The number of nitrogens with one attached hydrogen (secondary N) is 2.